The molecule has 0 saturated heterocycles. The summed E-state index contributed by atoms with van der Waals surface area (Å²) in [5.41, 5.74) is 2.03. The van der Waals surface area contributed by atoms with Gasteiger partial charge in [-0.2, -0.15) is 0 Å². The summed E-state index contributed by atoms with van der Waals surface area (Å²) in [6, 6.07) is 7.70. The lowest BCUT2D eigenvalue weighted by atomic mass is 10.0. The summed E-state index contributed by atoms with van der Waals surface area (Å²) >= 11 is 5.89. The highest BCUT2D eigenvalue weighted by atomic mass is 35.5. The van der Waals surface area contributed by atoms with Crippen LogP contribution in [0.15, 0.2) is 30.5 Å². The average molecular weight is 263 g/mol. The Labute approximate surface area is 111 Å². The molecule has 0 radical (unpaired) electrons. The SMILES string of the molecule is OCC1CCCn2cc(-c3ccc(Cl)cc3)nc21. The van der Waals surface area contributed by atoms with Crippen molar-refractivity contribution in [1.82, 2.24) is 9.55 Å². The van der Waals surface area contributed by atoms with Crippen molar-refractivity contribution in [2.24, 2.45) is 0 Å². The number of aliphatic hydroxyl groups is 1. The van der Waals surface area contributed by atoms with Gasteiger partial charge < -0.3 is 9.67 Å². The van der Waals surface area contributed by atoms with E-state index in [4.69, 9.17) is 11.6 Å². The first-order valence-corrected chi connectivity index (χ1v) is 6.59. The Bertz CT molecular complexity index is 547. The van der Waals surface area contributed by atoms with Crippen LogP contribution in [0, 0.1) is 0 Å². The second-order valence-electron chi connectivity index (χ2n) is 4.71. The second kappa shape index (κ2) is 4.75. The summed E-state index contributed by atoms with van der Waals surface area (Å²) in [4.78, 5) is 4.66. The molecule has 4 heteroatoms. The monoisotopic (exact) mass is 262 g/mol. The number of halogens is 1. The number of rotatable bonds is 2. The minimum absolute atomic E-state index is 0.178. The zero-order valence-corrected chi connectivity index (χ0v) is 10.8. The maximum absolute atomic E-state index is 9.38. The molecule has 0 spiro atoms. The molecule has 1 aliphatic heterocycles. The highest BCUT2D eigenvalue weighted by Gasteiger charge is 2.22. The molecule has 0 bridgehead atoms. The van der Waals surface area contributed by atoms with E-state index in [9.17, 15) is 5.11 Å². The molecule has 2 aromatic rings. The number of hydrogen-bond donors (Lipinski definition) is 1. The lowest BCUT2D eigenvalue weighted by Crippen LogP contribution is -2.18. The van der Waals surface area contributed by atoms with Crippen molar-refractivity contribution in [2.75, 3.05) is 6.61 Å². The Morgan fingerprint density at radius 2 is 2.11 bits per heavy atom. The van der Waals surface area contributed by atoms with Gasteiger partial charge in [-0.05, 0) is 25.0 Å². The van der Waals surface area contributed by atoms with E-state index in [0.717, 1.165) is 41.5 Å². The van der Waals surface area contributed by atoms with Crippen LogP contribution in [-0.4, -0.2) is 21.3 Å². The molecule has 1 aromatic carbocycles. The van der Waals surface area contributed by atoms with E-state index in [1.165, 1.54) is 0 Å². The lowest BCUT2D eigenvalue weighted by Gasteiger charge is -2.21. The van der Waals surface area contributed by atoms with Crippen molar-refractivity contribution >= 4 is 11.6 Å². The van der Waals surface area contributed by atoms with Gasteiger partial charge in [-0.3, -0.25) is 0 Å². The predicted molar refractivity (Wildman–Crippen MR) is 71.7 cm³/mol. The summed E-state index contributed by atoms with van der Waals surface area (Å²) in [6.45, 7) is 1.17. The van der Waals surface area contributed by atoms with Gasteiger partial charge in [0.25, 0.3) is 0 Å². The van der Waals surface area contributed by atoms with Crippen LogP contribution in [0.2, 0.25) is 5.02 Å². The molecule has 0 amide bonds. The molecular weight excluding hydrogens is 248 g/mol. The Kier molecular flexibility index (Phi) is 3.10. The van der Waals surface area contributed by atoms with Crippen LogP contribution in [0.4, 0.5) is 0 Å². The molecule has 1 unspecified atom stereocenters. The second-order valence-corrected chi connectivity index (χ2v) is 5.14. The highest BCUT2D eigenvalue weighted by molar-refractivity contribution is 6.30. The summed E-state index contributed by atoms with van der Waals surface area (Å²) in [6.07, 6.45) is 4.20. The van der Waals surface area contributed by atoms with Crippen LogP contribution in [0.25, 0.3) is 11.3 Å². The molecule has 0 fully saturated rings. The zero-order chi connectivity index (χ0) is 12.5. The Morgan fingerprint density at radius 3 is 2.83 bits per heavy atom. The van der Waals surface area contributed by atoms with Crippen molar-refractivity contribution in [1.29, 1.82) is 0 Å². The highest BCUT2D eigenvalue weighted by Crippen LogP contribution is 2.29. The number of imidazole rings is 1. The molecule has 1 aromatic heterocycles. The topological polar surface area (TPSA) is 38.0 Å². The summed E-state index contributed by atoms with van der Waals surface area (Å²) in [5.74, 6) is 1.19. The molecule has 2 heterocycles. The number of aryl methyl sites for hydroxylation is 1. The van der Waals surface area contributed by atoms with E-state index in [1.807, 2.05) is 24.3 Å². The summed E-state index contributed by atoms with van der Waals surface area (Å²) in [5, 5.41) is 10.1. The molecule has 94 valence electrons. The molecule has 1 atom stereocenters. The van der Waals surface area contributed by atoms with Gasteiger partial charge in [0.2, 0.25) is 0 Å². The quantitative estimate of drug-likeness (QED) is 0.903. The van der Waals surface area contributed by atoms with Crippen molar-refractivity contribution in [3.05, 3.63) is 41.3 Å². The summed E-state index contributed by atoms with van der Waals surface area (Å²) < 4.78 is 2.16. The van der Waals surface area contributed by atoms with E-state index in [2.05, 4.69) is 15.7 Å². The van der Waals surface area contributed by atoms with Gasteiger partial charge in [0, 0.05) is 29.2 Å². The van der Waals surface area contributed by atoms with E-state index in [-0.39, 0.29) is 12.5 Å². The van der Waals surface area contributed by atoms with Crippen molar-refractivity contribution < 1.29 is 5.11 Å². The predicted octanol–water partition coefficient (Wildman–Crippen LogP) is 3.07. The van der Waals surface area contributed by atoms with E-state index >= 15 is 0 Å². The first kappa shape index (κ1) is 11.8. The first-order chi connectivity index (χ1) is 8.78. The smallest absolute Gasteiger partial charge is 0.114 e. The number of nitrogens with zero attached hydrogens (tertiary/aromatic N) is 2. The number of hydrogen-bond acceptors (Lipinski definition) is 2. The number of benzene rings is 1. The minimum Gasteiger partial charge on any atom is -0.396 e. The largest absolute Gasteiger partial charge is 0.396 e. The number of aliphatic hydroxyl groups excluding tert-OH is 1. The maximum Gasteiger partial charge on any atom is 0.114 e. The normalized spacial score (nSPS) is 18.7. The molecule has 0 aliphatic carbocycles. The third kappa shape index (κ3) is 2.04. The third-order valence-electron chi connectivity index (χ3n) is 3.48. The fourth-order valence-corrected chi connectivity index (χ4v) is 2.63. The zero-order valence-electron chi connectivity index (χ0n) is 10.0. The van der Waals surface area contributed by atoms with E-state index in [0.29, 0.717) is 0 Å². The van der Waals surface area contributed by atoms with Gasteiger partial charge in [0.15, 0.2) is 0 Å². The molecule has 3 nitrogen and oxygen atoms in total. The molecule has 1 N–H and O–H groups in total. The minimum atomic E-state index is 0.178. The summed E-state index contributed by atoms with van der Waals surface area (Å²) in [7, 11) is 0. The standard InChI is InChI=1S/C14H15ClN2O/c15-12-5-3-10(4-6-12)13-8-17-7-1-2-11(9-18)14(17)16-13/h3-6,8,11,18H,1-2,7,9H2. The Balaban J connectivity index is 1.99. The van der Waals surface area contributed by atoms with Gasteiger partial charge in [-0.25, -0.2) is 4.98 Å². The van der Waals surface area contributed by atoms with Crippen LogP contribution < -0.4 is 0 Å². The van der Waals surface area contributed by atoms with Crippen LogP contribution in [0.1, 0.15) is 24.6 Å². The average Bonchev–Trinajstić information content (AvgIpc) is 2.83. The Morgan fingerprint density at radius 1 is 1.33 bits per heavy atom. The van der Waals surface area contributed by atoms with Crippen molar-refractivity contribution in [3.8, 4) is 11.3 Å². The lowest BCUT2D eigenvalue weighted by molar-refractivity contribution is 0.238. The van der Waals surface area contributed by atoms with Gasteiger partial charge in [-0.1, -0.05) is 23.7 Å². The molecule has 0 saturated carbocycles. The third-order valence-corrected chi connectivity index (χ3v) is 3.74. The molecular formula is C14H15ClN2O. The fraction of sp³-hybridized carbons (Fsp3) is 0.357. The van der Waals surface area contributed by atoms with Gasteiger partial charge in [-0.15, -0.1) is 0 Å². The van der Waals surface area contributed by atoms with Crippen LogP contribution in [0.5, 0.6) is 0 Å². The first-order valence-electron chi connectivity index (χ1n) is 6.22. The fourth-order valence-electron chi connectivity index (χ4n) is 2.50. The van der Waals surface area contributed by atoms with Crippen LogP contribution in [0.3, 0.4) is 0 Å². The van der Waals surface area contributed by atoms with Gasteiger partial charge >= 0.3 is 0 Å². The Hall–Kier alpha value is -1.32. The van der Waals surface area contributed by atoms with E-state index in [1.54, 1.807) is 0 Å². The molecule has 1 aliphatic rings. The number of fused-ring (bicyclic) bond motifs is 1. The maximum atomic E-state index is 9.38. The van der Waals surface area contributed by atoms with Crippen LogP contribution >= 0.6 is 11.6 Å². The van der Waals surface area contributed by atoms with Crippen molar-refractivity contribution in [3.63, 3.8) is 0 Å². The number of aromatic nitrogens is 2. The molecule has 18 heavy (non-hydrogen) atoms. The van der Waals surface area contributed by atoms with Crippen molar-refractivity contribution in [2.45, 2.75) is 25.3 Å². The molecule has 3 rings (SSSR count). The van der Waals surface area contributed by atoms with E-state index < -0.39 is 0 Å². The van der Waals surface area contributed by atoms with Gasteiger partial charge in [0.05, 0.1) is 12.3 Å². The van der Waals surface area contributed by atoms with Gasteiger partial charge in [0.1, 0.15) is 5.82 Å². The van der Waals surface area contributed by atoms with Crippen LogP contribution in [-0.2, 0) is 6.54 Å².